The van der Waals surface area contributed by atoms with E-state index in [1.807, 2.05) is 20.1 Å². The van der Waals surface area contributed by atoms with Gasteiger partial charge in [0.1, 0.15) is 6.04 Å². The van der Waals surface area contributed by atoms with E-state index in [1.165, 1.54) is 16.7 Å². The molecule has 0 saturated carbocycles. The van der Waals surface area contributed by atoms with E-state index in [1.54, 1.807) is 0 Å². The number of aromatic nitrogens is 2. The molecule has 1 saturated heterocycles. The van der Waals surface area contributed by atoms with Crippen molar-refractivity contribution in [3.63, 3.8) is 0 Å². The zero-order chi connectivity index (χ0) is 16.3. The third kappa shape index (κ3) is 3.58. The van der Waals surface area contributed by atoms with Crippen molar-refractivity contribution in [1.29, 1.82) is 0 Å². The van der Waals surface area contributed by atoms with Crippen LogP contribution in [0.2, 0.25) is 0 Å². The summed E-state index contributed by atoms with van der Waals surface area (Å²) in [4.78, 5) is 33.7. The van der Waals surface area contributed by atoms with Gasteiger partial charge in [0.25, 0.3) is 0 Å². The fourth-order valence-electron chi connectivity index (χ4n) is 2.86. The number of hydrogen-bond donors (Lipinski definition) is 1. The number of carbonyl (C=O) groups excluding carboxylic acids is 1. The van der Waals surface area contributed by atoms with Gasteiger partial charge in [-0.15, -0.1) is 0 Å². The summed E-state index contributed by atoms with van der Waals surface area (Å²) in [5.41, 5.74) is 2.76. The molecular formula is C15H21N3O3S. The molecule has 1 aliphatic rings. The summed E-state index contributed by atoms with van der Waals surface area (Å²) in [6.07, 6.45) is 4.08. The third-order valence-corrected chi connectivity index (χ3v) is 4.58. The predicted molar refractivity (Wildman–Crippen MR) is 84.0 cm³/mol. The van der Waals surface area contributed by atoms with Crippen LogP contribution in [0.1, 0.15) is 36.2 Å². The average molecular weight is 323 g/mol. The second-order valence-electron chi connectivity index (χ2n) is 5.44. The lowest BCUT2D eigenvalue weighted by atomic mass is 10.1. The number of amides is 1. The third-order valence-electron chi connectivity index (χ3n) is 4.03. The quantitative estimate of drug-likeness (QED) is 0.657. The maximum Gasteiger partial charge on any atom is 0.326 e. The second kappa shape index (κ2) is 7.09. The van der Waals surface area contributed by atoms with Crippen LogP contribution in [0.5, 0.6) is 0 Å². The number of carboxylic acid groups (broad SMARTS) is 1. The lowest BCUT2D eigenvalue weighted by molar-refractivity contribution is -0.148. The van der Waals surface area contributed by atoms with Gasteiger partial charge < -0.3 is 10.0 Å². The molecule has 2 heterocycles. The van der Waals surface area contributed by atoms with Gasteiger partial charge in [-0.25, -0.2) is 14.8 Å². The van der Waals surface area contributed by atoms with Crippen molar-refractivity contribution in [3.05, 3.63) is 17.0 Å². The average Bonchev–Trinajstić information content (AvgIpc) is 2.95. The maximum absolute atomic E-state index is 12.3. The zero-order valence-electron chi connectivity index (χ0n) is 13.1. The molecule has 22 heavy (non-hydrogen) atoms. The highest BCUT2D eigenvalue weighted by atomic mass is 32.2. The molecule has 6 nitrogen and oxygen atoms in total. The number of aryl methyl sites for hydroxylation is 2. The zero-order valence-corrected chi connectivity index (χ0v) is 13.9. The maximum atomic E-state index is 12.3. The molecule has 0 bridgehead atoms. The van der Waals surface area contributed by atoms with Gasteiger partial charge in [0.15, 0.2) is 5.16 Å². The minimum atomic E-state index is -0.911. The number of carbonyl (C=O) groups is 2. The van der Waals surface area contributed by atoms with E-state index in [4.69, 9.17) is 5.11 Å². The van der Waals surface area contributed by atoms with Crippen LogP contribution in [0.25, 0.3) is 0 Å². The smallest absolute Gasteiger partial charge is 0.326 e. The van der Waals surface area contributed by atoms with Gasteiger partial charge in [-0.2, -0.15) is 0 Å². The lowest BCUT2D eigenvalue weighted by Crippen LogP contribution is -2.40. The Morgan fingerprint density at radius 3 is 2.50 bits per heavy atom. The van der Waals surface area contributed by atoms with E-state index >= 15 is 0 Å². The van der Waals surface area contributed by atoms with Crippen molar-refractivity contribution in [2.45, 2.75) is 50.7 Å². The monoisotopic (exact) mass is 323 g/mol. The first-order chi connectivity index (χ1) is 10.4. The molecule has 1 aliphatic heterocycles. The highest BCUT2D eigenvalue weighted by Gasteiger charge is 2.33. The van der Waals surface area contributed by atoms with E-state index in [2.05, 4.69) is 9.97 Å². The van der Waals surface area contributed by atoms with Gasteiger partial charge in [-0.3, -0.25) is 4.79 Å². The molecule has 1 fully saturated rings. The summed E-state index contributed by atoms with van der Waals surface area (Å²) in [6.45, 7) is 4.38. The van der Waals surface area contributed by atoms with Crippen molar-refractivity contribution in [1.82, 2.24) is 14.9 Å². The molecule has 1 aromatic heterocycles. The van der Waals surface area contributed by atoms with Gasteiger partial charge >= 0.3 is 5.97 Å². The highest BCUT2D eigenvalue weighted by Crippen LogP contribution is 2.21. The van der Waals surface area contributed by atoms with Crippen molar-refractivity contribution < 1.29 is 14.7 Å². The Morgan fingerprint density at radius 1 is 1.32 bits per heavy atom. The largest absolute Gasteiger partial charge is 0.480 e. The normalized spacial score (nSPS) is 17.8. The van der Waals surface area contributed by atoms with Crippen LogP contribution in [0.15, 0.2) is 5.16 Å². The summed E-state index contributed by atoms with van der Waals surface area (Å²) in [5.74, 6) is -1.01. The van der Waals surface area contributed by atoms with Gasteiger partial charge in [0, 0.05) is 24.4 Å². The van der Waals surface area contributed by atoms with Crippen molar-refractivity contribution in [2.75, 3.05) is 12.8 Å². The van der Waals surface area contributed by atoms with Crippen molar-refractivity contribution >= 4 is 23.6 Å². The molecular weight excluding hydrogens is 302 g/mol. The molecule has 2 rings (SSSR count). The highest BCUT2D eigenvalue weighted by molar-refractivity contribution is 7.98. The molecule has 1 N–H and O–H groups in total. The van der Waals surface area contributed by atoms with Crippen molar-refractivity contribution in [2.24, 2.45) is 0 Å². The van der Waals surface area contributed by atoms with Crippen LogP contribution in [-0.4, -0.2) is 50.7 Å². The van der Waals surface area contributed by atoms with E-state index in [-0.39, 0.29) is 5.91 Å². The van der Waals surface area contributed by atoms with Crippen LogP contribution >= 0.6 is 11.8 Å². The summed E-state index contributed by atoms with van der Waals surface area (Å²) < 4.78 is 0. The van der Waals surface area contributed by atoms with Crippen LogP contribution in [0.4, 0.5) is 0 Å². The van der Waals surface area contributed by atoms with Gasteiger partial charge in [-0.1, -0.05) is 11.8 Å². The number of nitrogens with zero attached hydrogens (tertiary/aromatic N) is 3. The Bertz CT molecular complexity index is 568. The van der Waals surface area contributed by atoms with E-state index in [9.17, 15) is 9.59 Å². The van der Waals surface area contributed by atoms with Gasteiger partial charge in [0.05, 0.1) is 0 Å². The second-order valence-corrected chi connectivity index (χ2v) is 6.22. The first-order valence-electron chi connectivity index (χ1n) is 7.34. The van der Waals surface area contributed by atoms with Gasteiger partial charge in [-0.05, 0) is 44.9 Å². The number of rotatable bonds is 5. The molecule has 0 radical (unpaired) electrons. The molecule has 120 valence electrons. The first kappa shape index (κ1) is 16.7. The number of hydrogen-bond acceptors (Lipinski definition) is 5. The molecule has 7 heteroatoms. The van der Waals surface area contributed by atoms with Crippen LogP contribution in [0.3, 0.4) is 0 Å². The summed E-state index contributed by atoms with van der Waals surface area (Å²) in [6, 6.07) is -0.662. The fourth-order valence-corrected chi connectivity index (χ4v) is 3.32. The molecule has 0 aromatic carbocycles. The Labute approximate surface area is 134 Å². The molecule has 1 unspecified atom stereocenters. The summed E-state index contributed by atoms with van der Waals surface area (Å²) in [7, 11) is 0. The van der Waals surface area contributed by atoms with Crippen LogP contribution in [-0.2, 0) is 16.0 Å². The minimum Gasteiger partial charge on any atom is -0.480 e. The van der Waals surface area contributed by atoms with E-state index < -0.39 is 12.0 Å². The Kier molecular flexibility index (Phi) is 5.39. The Hall–Kier alpha value is -1.63. The summed E-state index contributed by atoms with van der Waals surface area (Å²) in [5, 5.41) is 9.88. The van der Waals surface area contributed by atoms with E-state index in [0.717, 1.165) is 28.5 Å². The first-order valence-corrected chi connectivity index (χ1v) is 8.57. The van der Waals surface area contributed by atoms with Crippen LogP contribution < -0.4 is 0 Å². The van der Waals surface area contributed by atoms with Gasteiger partial charge in [0.2, 0.25) is 5.91 Å². The molecule has 0 spiro atoms. The Balaban J connectivity index is 2.04. The molecule has 0 aliphatic carbocycles. The topological polar surface area (TPSA) is 83.4 Å². The minimum absolute atomic E-state index is 0.0994. The number of aliphatic carboxylic acids is 1. The summed E-state index contributed by atoms with van der Waals surface area (Å²) >= 11 is 1.49. The van der Waals surface area contributed by atoms with Crippen molar-refractivity contribution in [3.8, 4) is 0 Å². The standard InChI is InChI=1S/C15H21N3O3S/c1-9-11(10(2)17-15(16-9)22-3)6-7-13(19)18-8-4-5-12(18)14(20)21/h12H,4-8H2,1-3H3,(H,20,21). The van der Waals surface area contributed by atoms with Crippen LogP contribution in [0, 0.1) is 13.8 Å². The molecule has 1 amide bonds. The number of thioether (sulfide) groups is 1. The fraction of sp³-hybridized carbons (Fsp3) is 0.600. The SMILES string of the molecule is CSc1nc(C)c(CCC(=O)N2CCCC2C(=O)O)c(C)n1. The molecule has 1 aromatic rings. The molecule has 1 atom stereocenters. The Morgan fingerprint density at radius 2 is 1.95 bits per heavy atom. The number of carboxylic acids is 1. The van der Waals surface area contributed by atoms with E-state index in [0.29, 0.717) is 25.8 Å². The number of likely N-dealkylation sites (tertiary alicyclic amines) is 1. The predicted octanol–water partition coefficient (Wildman–Crippen LogP) is 1.82. The lowest BCUT2D eigenvalue weighted by Gasteiger charge is -2.21.